The maximum absolute atomic E-state index is 6.20. The average molecular weight is 233 g/mol. The summed E-state index contributed by atoms with van der Waals surface area (Å²) in [4.78, 5) is 0. The van der Waals surface area contributed by atoms with E-state index < -0.39 is 0 Å². The van der Waals surface area contributed by atoms with Gasteiger partial charge in [0.15, 0.2) is 0 Å². The number of nitrogens with two attached hydrogens (primary N) is 1. The molecular weight excluding hydrogens is 214 g/mol. The Morgan fingerprint density at radius 3 is 2.53 bits per heavy atom. The van der Waals surface area contributed by atoms with Crippen molar-refractivity contribution in [1.82, 2.24) is 0 Å². The predicted octanol–water partition coefficient (Wildman–Crippen LogP) is 2.41. The molecule has 2 N–H and O–H groups in total. The normalized spacial score (nSPS) is 25.8. The molecule has 0 spiro atoms. The van der Waals surface area contributed by atoms with Gasteiger partial charge >= 0.3 is 0 Å². The van der Waals surface area contributed by atoms with Gasteiger partial charge in [-0.25, -0.2) is 0 Å². The Kier molecular flexibility index (Phi) is 3.04. The maximum atomic E-state index is 6.20. The van der Waals surface area contributed by atoms with E-state index in [1.54, 1.807) is 0 Å². The van der Waals surface area contributed by atoms with Crippen LogP contribution in [0, 0.1) is 0 Å². The van der Waals surface area contributed by atoms with E-state index in [4.69, 9.17) is 15.2 Å². The molecule has 1 saturated carbocycles. The second-order valence-electron chi connectivity index (χ2n) is 4.96. The highest BCUT2D eigenvalue weighted by Crippen LogP contribution is 2.29. The monoisotopic (exact) mass is 233 g/mol. The van der Waals surface area contributed by atoms with Crippen molar-refractivity contribution in [2.45, 2.75) is 43.9 Å². The summed E-state index contributed by atoms with van der Waals surface area (Å²) in [6.07, 6.45) is 5.22. The fraction of sp³-hybridized carbons (Fsp3) is 0.571. The number of hydrogen-bond acceptors (Lipinski definition) is 3. The van der Waals surface area contributed by atoms with Crippen LogP contribution in [0.1, 0.15) is 37.3 Å². The molecule has 1 saturated heterocycles. The van der Waals surface area contributed by atoms with Crippen molar-refractivity contribution in [3.05, 3.63) is 29.8 Å². The van der Waals surface area contributed by atoms with E-state index in [1.165, 1.54) is 12.8 Å². The van der Waals surface area contributed by atoms with E-state index in [-0.39, 0.29) is 12.1 Å². The molecule has 2 unspecified atom stereocenters. The van der Waals surface area contributed by atoms with Crippen LogP contribution in [0.4, 0.5) is 0 Å². The van der Waals surface area contributed by atoms with E-state index in [9.17, 15) is 0 Å². The molecule has 0 radical (unpaired) electrons. The summed E-state index contributed by atoms with van der Waals surface area (Å²) in [6.45, 7) is 0.848. The molecule has 17 heavy (non-hydrogen) atoms. The van der Waals surface area contributed by atoms with Crippen molar-refractivity contribution in [1.29, 1.82) is 0 Å². The molecule has 1 heterocycles. The number of rotatable bonds is 4. The highest BCUT2D eigenvalue weighted by molar-refractivity contribution is 5.30. The minimum atomic E-state index is -0.00697. The number of ether oxygens (including phenoxy) is 2. The molecule has 2 aliphatic rings. The lowest BCUT2D eigenvalue weighted by Gasteiger charge is -2.19. The first kappa shape index (κ1) is 11.1. The summed E-state index contributed by atoms with van der Waals surface area (Å²) in [5.74, 6) is 0.954. The summed E-state index contributed by atoms with van der Waals surface area (Å²) in [6, 6.07) is 8.14. The Hall–Kier alpha value is -1.06. The molecule has 0 bridgehead atoms. The Morgan fingerprint density at radius 2 is 1.94 bits per heavy atom. The second-order valence-corrected chi connectivity index (χ2v) is 4.96. The van der Waals surface area contributed by atoms with Gasteiger partial charge in [0.05, 0.1) is 18.2 Å². The average Bonchev–Trinajstić information content (AvgIpc) is 3.00. The molecule has 3 heteroatoms. The quantitative estimate of drug-likeness (QED) is 0.868. The van der Waals surface area contributed by atoms with Crippen LogP contribution in [0.2, 0.25) is 0 Å². The minimum absolute atomic E-state index is 0.00697. The first-order valence-electron chi connectivity index (χ1n) is 6.47. The van der Waals surface area contributed by atoms with Crippen LogP contribution in [-0.2, 0) is 4.74 Å². The summed E-state index contributed by atoms with van der Waals surface area (Å²) in [5.41, 5.74) is 7.34. The molecule has 2 atom stereocenters. The Labute approximate surface area is 102 Å². The zero-order chi connectivity index (χ0) is 11.7. The van der Waals surface area contributed by atoms with Gasteiger partial charge in [0.25, 0.3) is 0 Å². The van der Waals surface area contributed by atoms with Gasteiger partial charge in [-0.2, -0.15) is 0 Å². The third-order valence-electron chi connectivity index (χ3n) is 3.46. The van der Waals surface area contributed by atoms with Gasteiger partial charge in [-0.15, -0.1) is 0 Å². The maximum Gasteiger partial charge on any atom is 0.119 e. The summed E-state index contributed by atoms with van der Waals surface area (Å²) in [7, 11) is 0. The van der Waals surface area contributed by atoms with Gasteiger partial charge in [-0.05, 0) is 43.4 Å². The van der Waals surface area contributed by atoms with E-state index in [0.717, 1.165) is 30.8 Å². The van der Waals surface area contributed by atoms with Crippen LogP contribution >= 0.6 is 0 Å². The fourth-order valence-corrected chi connectivity index (χ4v) is 2.25. The van der Waals surface area contributed by atoms with Crippen LogP contribution < -0.4 is 10.5 Å². The summed E-state index contributed by atoms with van der Waals surface area (Å²) in [5, 5.41) is 0. The van der Waals surface area contributed by atoms with Gasteiger partial charge in [0.2, 0.25) is 0 Å². The summed E-state index contributed by atoms with van der Waals surface area (Å²) < 4.78 is 11.3. The van der Waals surface area contributed by atoms with Crippen LogP contribution in [-0.4, -0.2) is 18.8 Å². The van der Waals surface area contributed by atoms with E-state index >= 15 is 0 Å². The van der Waals surface area contributed by atoms with Gasteiger partial charge in [-0.3, -0.25) is 0 Å². The second kappa shape index (κ2) is 4.67. The number of hydrogen-bond donors (Lipinski definition) is 1. The first-order chi connectivity index (χ1) is 8.33. The van der Waals surface area contributed by atoms with Crippen molar-refractivity contribution in [2.24, 2.45) is 5.73 Å². The molecule has 1 aromatic rings. The highest BCUT2D eigenvalue weighted by Gasteiger charge is 2.25. The SMILES string of the molecule is NC(c1ccc(OC2CC2)cc1)C1CCCO1. The van der Waals surface area contributed by atoms with Crippen LogP contribution in [0.25, 0.3) is 0 Å². The predicted molar refractivity (Wildman–Crippen MR) is 66.0 cm³/mol. The van der Waals surface area contributed by atoms with Crippen LogP contribution in [0.15, 0.2) is 24.3 Å². The van der Waals surface area contributed by atoms with Gasteiger partial charge in [-0.1, -0.05) is 12.1 Å². The first-order valence-corrected chi connectivity index (χ1v) is 6.47. The summed E-state index contributed by atoms with van der Waals surface area (Å²) >= 11 is 0. The molecule has 2 fully saturated rings. The molecule has 0 aromatic heterocycles. The molecule has 0 amide bonds. The van der Waals surface area contributed by atoms with E-state index in [0.29, 0.717) is 6.10 Å². The van der Waals surface area contributed by atoms with Crippen molar-refractivity contribution >= 4 is 0 Å². The van der Waals surface area contributed by atoms with E-state index in [2.05, 4.69) is 12.1 Å². The Balaban J connectivity index is 1.65. The fourth-order valence-electron chi connectivity index (χ4n) is 2.25. The third kappa shape index (κ3) is 2.61. The lowest BCUT2D eigenvalue weighted by atomic mass is 10.0. The van der Waals surface area contributed by atoms with Gasteiger partial charge in [0.1, 0.15) is 5.75 Å². The molecule has 1 aliphatic heterocycles. The topological polar surface area (TPSA) is 44.5 Å². The zero-order valence-electron chi connectivity index (χ0n) is 9.97. The lowest BCUT2D eigenvalue weighted by molar-refractivity contribution is 0.0900. The van der Waals surface area contributed by atoms with Crippen LogP contribution in [0.3, 0.4) is 0 Å². The molecule has 92 valence electrons. The van der Waals surface area contributed by atoms with E-state index in [1.807, 2.05) is 12.1 Å². The molecule has 3 nitrogen and oxygen atoms in total. The zero-order valence-corrected chi connectivity index (χ0v) is 9.97. The van der Waals surface area contributed by atoms with Crippen molar-refractivity contribution in [3.63, 3.8) is 0 Å². The van der Waals surface area contributed by atoms with Crippen molar-refractivity contribution < 1.29 is 9.47 Å². The smallest absolute Gasteiger partial charge is 0.119 e. The van der Waals surface area contributed by atoms with Gasteiger partial charge in [0, 0.05) is 6.61 Å². The standard InChI is InChI=1S/C14H19NO2/c15-14(13-2-1-9-16-13)10-3-5-11(6-4-10)17-12-7-8-12/h3-6,12-14H,1-2,7-9,15H2. The highest BCUT2D eigenvalue weighted by atomic mass is 16.5. The van der Waals surface area contributed by atoms with Gasteiger partial charge < -0.3 is 15.2 Å². The van der Waals surface area contributed by atoms with Crippen LogP contribution in [0.5, 0.6) is 5.75 Å². The third-order valence-corrected chi connectivity index (χ3v) is 3.46. The minimum Gasteiger partial charge on any atom is -0.490 e. The molecule has 1 aromatic carbocycles. The lowest BCUT2D eigenvalue weighted by Crippen LogP contribution is -2.25. The Morgan fingerprint density at radius 1 is 1.18 bits per heavy atom. The molecule has 3 rings (SSSR count). The Bertz CT molecular complexity index is 366. The largest absolute Gasteiger partial charge is 0.490 e. The number of benzene rings is 1. The molecular formula is C14H19NO2. The van der Waals surface area contributed by atoms with Crippen molar-refractivity contribution in [3.8, 4) is 5.75 Å². The van der Waals surface area contributed by atoms with Crippen molar-refractivity contribution in [2.75, 3.05) is 6.61 Å². The molecule has 1 aliphatic carbocycles.